The van der Waals surface area contributed by atoms with Gasteiger partial charge in [0.2, 0.25) is 5.76 Å². The van der Waals surface area contributed by atoms with E-state index in [-0.39, 0.29) is 11.5 Å². The molecule has 1 aromatic rings. The Morgan fingerprint density at radius 1 is 1.43 bits per heavy atom. The van der Waals surface area contributed by atoms with Gasteiger partial charge in [-0.05, 0) is 25.3 Å². The smallest absolute Gasteiger partial charge is 0.449 e. The predicted octanol–water partition coefficient (Wildman–Crippen LogP) is 4.12. The van der Waals surface area contributed by atoms with Crippen molar-refractivity contribution in [3.05, 3.63) is 23.2 Å². The molecule has 1 atom stereocenters. The van der Waals surface area contributed by atoms with Crippen LogP contribution in [0.5, 0.6) is 0 Å². The average molecular weight is 206 g/mol. The Bertz CT molecular complexity index is 312. The molecule has 0 aromatic carbocycles. The minimum atomic E-state index is -4.38. The van der Waals surface area contributed by atoms with Crippen molar-refractivity contribution in [3.8, 4) is 0 Å². The molecule has 1 unspecified atom stereocenters. The molecule has 0 bridgehead atoms. The maximum atomic E-state index is 12.5. The Hall–Kier alpha value is -0.930. The first-order chi connectivity index (χ1) is 6.36. The fourth-order valence-electron chi connectivity index (χ4n) is 1.34. The molecule has 1 aromatic heterocycles. The fraction of sp³-hybridized carbons (Fsp3) is 0.600. The highest BCUT2D eigenvalue weighted by molar-refractivity contribution is 5.26. The van der Waals surface area contributed by atoms with Crippen LogP contribution in [0.3, 0.4) is 0 Å². The van der Waals surface area contributed by atoms with Gasteiger partial charge in [0.15, 0.2) is 0 Å². The van der Waals surface area contributed by atoms with Crippen LogP contribution in [0.15, 0.2) is 10.5 Å². The van der Waals surface area contributed by atoms with E-state index in [0.717, 1.165) is 0 Å². The van der Waals surface area contributed by atoms with Crippen LogP contribution >= 0.6 is 0 Å². The molecule has 0 aliphatic rings. The van der Waals surface area contributed by atoms with Gasteiger partial charge in [-0.2, -0.15) is 13.2 Å². The number of hydrogen-bond acceptors (Lipinski definition) is 1. The zero-order valence-electron chi connectivity index (χ0n) is 8.40. The van der Waals surface area contributed by atoms with E-state index in [4.69, 9.17) is 0 Å². The van der Waals surface area contributed by atoms with Crippen molar-refractivity contribution in [2.24, 2.45) is 0 Å². The third-order valence-electron chi connectivity index (χ3n) is 2.28. The number of halogens is 3. The topological polar surface area (TPSA) is 13.1 Å². The fourth-order valence-corrected chi connectivity index (χ4v) is 1.34. The summed E-state index contributed by atoms with van der Waals surface area (Å²) >= 11 is 0. The highest BCUT2D eigenvalue weighted by Gasteiger charge is 2.38. The largest absolute Gasteiger partial charge is 0.456 e. The molecule has 0 fully saturated rings. The van der Waals surface area contributed by atoms with Gasteiger partial charge in [0.25, 0.3) is 0 Å². The molecule has 0 aliphatic heterocycles. The van der Waals surface area contributed by atoms with Gasteiger partial charge in [0.1, 0.15) is 5.76 Å². The minimum Gasteiger partial charge on any atom is -0.456 e. The van der Waals surface area contributed by atoms with E-state index in [1.807, 2.05) is 6.92 Å². The van der Waals surface area contributed by atoms with Gasteiger partial charge in [-0.1, -0.05) is 13.8 Å². The molecular weight excluding hydrogens is 193 g/mol. The molecule has 0 amide bonds. The second kappa shape index (κ2) is 3.67. The highest BCUT2D eigenvalue weighted by atomic mass is 19.4. The average Bonchev–Trinajstić information content (AvgIpc) is 2.45. The summed E-state index contributed by atoms with van der Waals surface area (Å²) in [5, 5.41) is 0. The molecule has 80 valence electrons. The molecular formula is C10H13F3O. The van der Waals surface area contributed by atoms with Crippen molar-refractivity contribution in [1.29, 1.82) is 0 Å². The number of aryl methyl sites for hydroxylation is 1. The van der Waals surface area contributed by atoms with Gasteiger partial charge in [0.05, 0.1) is 0 Å². The molecule has 0 saturated carbocycles. The van der Waals surface area contributed by atoms with E-state index in [9.17, 15) is 13.2 Å². The summed E-state index contributed by atoms with van der Waals surface area (Å²) in [7, 11) is 0. The van der Waals surface area contributed by atoms with Crippen molar-refractivity contribution >= 4 is 0 Å². The summed E-state index contributed by atoms with van der Waals surface area (Å²) in [5.41, 5.74) is 0.262. The van der Waals surface area contributed by atoms with Gasteiger partial charge in [0, 0.05) is 5.56 Å². The highest BCUT2D eigenvalue weighted by Crippen LogP contribution is 2.37. The summed E-state index contributed by atoms with van der Waals surface area (Å²) in [6.07, 6.45) is -3.71. The lowest BCUT2D eigenvalue weighted by atomic mass is 9.98. The number of rotatable bonds is 2. The van der Waals surface area contributed by atoms with Crippen LogP contribution in [-0.4, -0.2) is 0 Å². The van der Waals surface area contributed by atoms with Crippen LogP contribution < -0.4 is 0 Å². The molecule has 0 N–H and O–H groups in total. The third-order valence-corrected chi connectivity index (χ3v) is 2.28. The second-order valence-corrected chi connectivity index (χ2v) is 3.45. The Balaban J connectivity index is 3.16. The second-order valence-electron chi connectivity index (χ2n) is 3.45. The number of alkyl halides is 3. The normalized spacial score (nSPS) is 14.4. The van der Waals surface area contributed by atoms with Crippen molar-refractivity contribution in [2.45, 2.75) is 39.3 Å². The van der Waals surface area contributed by atoms with Crippen LogP contribution in [0.25, 0.3) is 0 Å². The Morgan fingerprint density at radius 2 is 2.00 bits per heavy atom. The third kappa shape index (κ3) is 2.11. The van der Waals surface area contributed by atoms with Crippen molar-refractivity contribution in [1.82, 2.24) is 0 Å². The van der Waals surface area contributed by atoms with E-state index in [0.29, 0.717) is 12.2 Å². The lowest BCUT2D eigenvalue weighted by Gasteiger charge is -2.10. The molecule has 0 aliphatic carbocycles. The summed E-state index contributed by atoms with van der Waals surface area (Å²) in [6.45, 7) is 5.15. The number of furan rings is 1. The van der Waals surface area contributed by atoms with Crippen molar-refractivity contribution in [3.63, 3.8) is 0 Å². The Kier molecular flexibility index (Phi) is 2.92. The van der Waals surface area contributed by atoms with E-state index in [1.165, 1.54) is 13.0 Å². The predicted molar refractivity (Wildman–Crippen MR) is 47.2 cm³/mol. The van der Waals surface area contributed by atoms with E-state index >= 15 is 0 Å². The first-order valence-corrected chi connectivity index (χ1v) is 4.53. The molecule has 4 heteroatoms. The van der Waals surface area contributed by atoms with E-state index < -0.39 is 11.9 Å². The van der Waals surface area contributed by atoms with Crippen LogP contribution in [0, 0.1) is 6.92 Å². The quantitative estimate of drug-likeness (QED) is 0.709. The zero-order valence-corrected chi connectivity index (χ0v) is 8.40. The Morgan fingerprint density at radius 3 is 2.43 bits per heavy atom. The van der Waals surface area contributed by atoms with Gasteiger partial charge in [-0.3, -0.25) is 0 Å². The van der Waals surface area contributed by atoms with Gasteiger partial charge in [-0.25, -0.2) is 0 Å². The molecule has 14 heavy (non-hydrogen) atoms. The van der Waals surface area contributed by atoms with Crippen molar-refractivity contribution in [2.75, 3.05) is 0 Å². The molecule has 0 radical (unpaired) electrons. The van der Waals surface area contributed by atoms with E-state index in [1.54, 1.807) is 6.92 Å². The number of hydrogen-bond donors (Lipinski definition) is 0. The molecule has 1 nitrogen and oxygen atoms in total. The van der Waals surface area contributed by atoms with Crippen LogP contribution in [0.2, 0.25) is 0 Å². The van der Waals surface area contributed by atoms with Crippen LogP contribution in [0.1, 0.15) is 43.3 Å². The van der Waals surface area contributed by atoms with Gasteiger partial charge >= 0.3 is 6.18 Å². The summed E-state index contributed by atoms with van der Waals surface area (Å²) in [5.74, 6) is -0.652. The summed E-state index contributed by atoms with van der Waals surface area (Å²) in [6, 6.07) is 1.47. The minimum absolute atomic E-state index is 0.121. The Labute approximate surface area is 80.9 Å². The van der Waals surface area contributed by atoms with Gasteiger partial charge in [-0.15, -0.1) is 0 Å². The van der Waals surface area contributed by atoms with Crippen LogP contribution in [-0.2, 0) is 6.18 Å². The summed E-state index contributed by atoms with van der Waals surface area (Å²) in [4.78, 5) is 0. The SMILES string of the molecule is CCC(C)c1cc(C)oc1C(F)(F)F. The monoisotopic (exact) mass is 206 g/mol. The lowest BCUT2D eigenvalue weighted by molar-refractivity contribution is -0.154. The molecule has 0 spiro atoms. The van der Waals surface area contributed by atoms with E-state index in [2.05, 4.69) is 4.42 Å². The molecule has 1 heterocycles. The van der Waals surface area contributed by atoms with Crippen molar-refractivity contribution < 1.29 is 17.6 Å². The first-order valence-electron chi connectivity index (χ1n) is 4.53. The molecule has 0 saturated heterocycles. The summed E-state index contributed by atoms with van der Waals surface area (Å²) < 4.78 is 42.1. The van der Waals surface area contributed by atoms with Crippen LogP contribution in [0.4, 0.5) is 13.2 Å². The standard InChI is InChI=1S/C10H13F3O/c1-4-6(2)8-5-7(3)14-9(8)10(11,12)13/h5-6H,4H2,1-3H3. The maximum absolute atomic E-state index is 12.5. The van der Waals surface area contributed by atoms with Gasteiger partial charge < -0.3 is 4.42 Å². The zero-order chi connectivity index (χ0) is 10.9. The maximum Gasteiger partial charge on any atom is 0.449 e. The lowest BCUT2D eigenvalue weighted by Crippen LogP contribution is -2.08. The first kappa shape index (κ1) is 11.1. The molecule has 1 rings (SSSR count).